The van der Waals surface area contributed by atoms with Crippen molar-refractivity contribution in [2.45, 2.75) is 52.5 Å². The average Bonchev–Trinajstić information content (AvgIpc) is 3.04. The van der Waals surface area contributed by atoms with Gasteiger partial charge in [0.25, 0.3) is 0 Å². The van der Waals surface area contributed by atoms with Crippen molar-refractivity contribution in [3.8, 4) is 0 Å². The first kappa shape index (κ1) is 19.6. The minimum Gasteiger partial charge on any atom is -0.360 e. The summed E-state index contributed by atoms with van der Waals surface area (Å²) in [6, 6.07) is 10.7. The van der Waals surface area contributed by atoms with E-state index in [0.29, 0.717) is 6.42 Å². The second-order valence-corrected chi connectivity index (χ2v) is 8.54. The van der Waals surface area contributed by atoms with Crippen molar-refractivity contribution >= 4 is 5.91 Å². The molecular weight excluding hydrogens is 338 g/mol. The molecule has 5 nitrogen and oxygen atoms in total. The molecule has 3 rings (SSSR count). The third kappa shape index (κ3) is 5.42. The standard InChI is InChI=1S/C22H31N3O2/c1-17-15-20(27-23-17)16-24-11-13-25(14-12-24)21(26)10-7-18-5-8-19(9-6-18)22(2,3)4/h5-6,8-9,15H,7,10-14,16H2,1-4H3. The quantitative estimate of drug-likeness (QED) is 0.809. The number of hydrogen-bond donors (Lipinski definition) is 0. The number of carbonyl (C=O) groups is 1. The summed E-state index contributed by atoms with van der Waals surface area (Å²) in [5, 5.41) is 3.93. The van der Waals surface area contributed by atoms with Gasteiger partial charge in [-0.15, -0.1) is 0 Å². The Morgan fingerprint density at radius 2 is 1.78 bits per heavy atom. The van der Waals surface area contributed by atoms with Crippen LogP contribution in [0.15, 0.2) is 34.9 Å². The van der Waals surface area contributed by atoms with E-state index >= 15 is 0 Å². The summed E-state index contributed by atoms with van der Waals surface area (Å²) >= 11 is 0. The van der Waals surface area contributed by atoms with Gasteiger partial charge in [0, 0.05) is 38.7 Å². The molecule has 2 heterocycles. The van der Waals surface area contributed by atoms with Gasteiger partial charge in [0.1, 0.15) is 0 Å². The molecule has 0 radical (unpaired) electrons. The number of amides is 1. The second-order valence-electron chi connectivity index (χ2n) is 8.54. The molecule has 2 aromatic rings. The van der Waals surface area contributed by atoms with Gasteiger partial charge in [-0.25, -0.2) is 0 Å². The Bertz CT molecular complexity index is 751. The summed E-state index contributed by atoms with van der Waals surface area (Å²) in [5.41, 5.74) is 3.64. The molecule has 1 fully saturated rings. The molecule has 0 unspecified atom stereocenters. The molecule has 1 saturated heterocycles. The highest BCUT2D eigenvalue weighted by Crippen LogP contribution is 2.22. The van der Waals surface area contributed by atoms with E-state index < -0.39 is 0 Å². The van der Waals surface area contributed by atoms with Crippen molar-refractivity contribution in [2.24, 2.45) is 0 Å². The number of rotatable bonds is 5. The molecule has 0 bridgehead atoms. The Labute approximate surface area is 162 Å². The lowest BCUT2D eigenvalue weighted by Gasteiger charge is -2.34. The molecule has 0 aliphatic carbocycles. The molecule has 1 aliphatic heterocycles. The predicted octanol–water partition coefficient (Wildman–Crippen LogP) is 3.56. The molecule has 0 N–H and O–H groups in total. The van der Waals surface area contributed by atoms with E-state index in [-0.39, 0.29) is 11.3 Å². The summed E-state index contributed by atoms with van der Waals surface area (Å²) in [7, 11) is 0. The molecule has 1 aliphatic rings. The van der Waals surface area contributed by atoms with Crippen LogP contribution in [-0.2, 0) is 23.2 Å². The molecule has 0 atom stereocenters. The van der Waals surface area contributed by atoms with E-state index in [2.05, 4.69) is 55.1 Å². The largest absolute Gasteiger partial charge is 0.360 e. The predicted molar refractivity (Wildman–Crippen MR) is 107 cm³/mol. The smallest absolute Gasteiger partial charge is 0.222 e. The number of carbonyl (C=O) groups excluding carboxylic acids is 1. The van der Waals surface area contributed by atoms with Crippen LogP contribution >= 0.6 is 0 Å². The molecule has 146 valence electrons. The van der Waals surface area contributed by atoms with E-state index in [1.165, 1.54) is 11.1 Å². The summed E-state index contributed by atoms with van der Waals surface area (Å²) in [5.74, 6) is 1.15. The molecule has 27 heavy (non-hydrogen) atoms. The normalized spacial score (nSPS) is 15.9. The van der Waals surface area contributed by atoms with Crippen molar-refractivity contribution in [2.75, 3.05) is 26.2 Å². The summed E-state index contributed by atoms with van der Waals surface area (Å²) in [4.78, 5) is 16.9. The maximum absolute atomic E-state index is 12.5. The highest BCUT2D eigenvalue weighted by molar-refractivity contribution is 5.76. The fraction of sp³-hybridized carbons (Fsp3) is 0.545. The van der Waals surface area contributed by atoms with Crippen molar-refractivity contribution in [1.82, 2.24) is 15.0 Å². The maximum Gasteiger partial charge on any atom is 0.222 e. The van der Waals surface area contributed by atoms with Crippen molar-refractivity contribution in [1.29, 1.82) is 0 Å². The van der Waals surface area contributed by atoms with Crippen LogP contribution < -0.4 is 0 Å². The minimum atomic E-state index is 0.165. The fourth-order valence-electron chi connectivity index (χ4n) is 3.45. The number of hydrogen-bond acceptors (Lipinski definition) is 4. The zero-order valence-electron chi connectivity index (χ0n) is 17.0. The zero-order valence-corrected chi connectivity index (χ0v) is 17.0. The Morgan fingerprint density at radius 1 is 1.11 bits per heavy atom. The number of benzene rings is 1. The number of piperazine rings is 1. The van der Waals surface area contributed by atoms with Crippen LogP contribution in [0.5, 0.6) is 0 Å². The molecule has 0 spiro atoms. The molecule has 0 saturated carbocycles. The molecule has 1 aromatic carbocycles. The van der Waals surface area contributed by atoms with Crippen LogP contribution in [0.4, 0.5) is 0 Å². The van der Waals surface area contributed by atoms with Gasteiger partial charge < -0.3 is 9.42 Å². The van der Waals surface area contributed by atoms with Crippen LogP contribution in [0.3, 0.4) is 0 Å². The topological polar surface area (TPSA) is 49.6 Å². The van der Waals surface area contributed by atoms with Gasteiger partial charge in [-0.2, -0.15) is 0 Å². The van der Waals surface area contributed by atoms with Crippen molar-refractivity contribution in [3.05, 3.63) is 52.9 Å². The highest BCUT2D eigenvalue weighted by Gasteiger charge is 2.22. The zero-order chi connectivity index (χ0) is 19.4. The van der Waals surface area contributed by atoms with Gasteiger partial charge >= 0.3 is 0 Å². The Morgan fingerprint density at radius 3 is 2.33 bits per heavy atom. The second kappa shape index (κ2) is 8.26. The van der Waals surface area contributed by atoms with E-state index in [1.54, 1.807) is 0 Å². The number of nitrogens with zero attached hydrogens (tertiary/aromatic N) is 3. The van der Waals surface area contributed by atoms with Crippen LogP contribution in [0.2, 0.25) is 0 Å². The monoisotopic (exact) mass is 369 g/mol. The van der Waals surface area contributed by atoms with Crippen LogP contribution in [0, 0.1) is 6.92 Å². The van der Waals surface area contributed by atoms with Gasteiger partial charge in [0.2, 0.25) is 5.91 Å². The first-order chi connectivity index (χ1) is 12.8. The first-order valence-electron chi connectivity index (χ1n) is 9.83. The molecule has 1 aromatic heterocycles. The lowest BCUT2D eigenvalue weighted by molar-refractivity contribution is -0.133. The lowest BCUT2D eigenvalue weighted by Crippen LogP contribution is -2.48. The molecular formula is C22H31N3O2. The Kier molecular flexibility index (Phi) is 6.00. The highest BCUT2D eigenvalue weighted by atomic mass is 16.5. The third-order valence-corrected chi connectivity index (χ3v) is 5.23. The minimum absolute atomic E-state index is 0.165. The summed E-state index contributed by atoms with van der Waals surface area (Å²) in [6.07, 6.45) is 1.39. The van der Waals surface area contributed by atoms with Gasteiger partial charge in [0.15, 0.2) is 5.76 Å². The van der Waals surface area contributed by atoms with Crippen molar-refractivity contribution < 1.29 is 9.32 Å². The van der Waals surface area contributed by atoms with Crippen LogP contribution in [0.25, 0.3) is 0 Å². The third-order valence-electron chi connectivity index (χ3n) is 5.23. The molecule has 5 heteroatoms. The van der Waals surface area contributed by atoms with Gasteiger partial charge in [-0.3, -0.25) is 9.69 Å². The number of aryl methyl sites for hydroxylation is 2. The first-order valence-corrected chi connectivity index (χ1v) is 9.83. The van der Waals surface area contributed by atoms with Gasteiger partial charge in [-0.1, -0.05) is 50.2 Å². The Hall–Kier alpha value is -2.14. The van der Waals surface area contributed by atoms with E-state index in [9.17, 15) is 4.79 Å². The van der Waals surface area contributed by atoms with Crippen molar-refractivity contribution in [3.63, 3.8) is 0 Å². The average molecular weight is 370 g/mol. The van der Waals surface area contributed by atoms with Crippen LogP contribution in [-0.4, -0.2) is 47.0 Å². The Balaban J connectivity index is 1.43. The fourth-order valence-corrected chi connectivity index (χ4v) is 3.45. The van der Waals surface area contributed by atoms with Gasteiger partial charge in [-0.05, 0) is 29.9 Å². The van der Waals surface area contributed by atoms with E-state index in [1.807, 2.05) is 17.9 Å². The maximum atomic E-state index is 12.5. The summed E-state index contributed by atoms with van der Waals surface area (Å²) < 4.78 is 5.29. The SMILES string of the molecule is Cc1cc(CN2CCN(C(=O)CCc3ccc(C(C)(C)C)cc3)CC2)on1. The lowest BCUT2D eigenvalue weighted by atomic mass is 9.86. The molecule has 1 amide bonds. The van der Waals surface area contributed by atoms with E-state index in [4.69, 9.17) is 4.52 Å². The van der Waals surface area contributed by atoms with E-state index in [0.717, 1.165) is 50.6 Å². The van der Waals surface area contributed by atoms with Gasteiger partial charge in [0.05, 0.1) is 12.2 Å². The summed E-state index contributed by atoms with van der Waals surface area (Å²) in [6.45, 7) is 12.7. The van der Waals surface area contributed by atoms with Crippen LogP contribution in [0.1, 0.15) is 49.8 Å². The number of aromatic nitrogens is 1.